The maximum absolute atomic E-state index is 12.0. The standard InChI is InChI=1S/C18H19N3O3S/c1-2-3-13-25(22,23)21-17-11-12-19-18(20-17)24-16-10-6-8-14-7-4-5-9-15(14)16/h4-12H,2-3,13H2,1H3,(H,19,20,21). The fourth-order valence-corrected chi connectivity index (χ4v) is 3.58. The number of fused-ring (bicyclic) bond motifs is 1. The Hall–Kier alpha value is -2.67. The maximum Gasteiger partial charge on any atom is 0.323 e. The van der Waals surface area contributed by atoms with Crippen LogP contribution in [0.15, 0.2) is 54.7 Å². The first-order valence-corrected chi connectivity index (χ1v) is 9.72. The minimum atomic E-state index is -3.42. The molecule has 0 radical (unpaired) electrons. The largest absolute Gasteiger partial charge is 0.424 e. The summed E-state index contributed by atoms with van der Waals surface area (Å²) in [5.41, 5.74) is 0. The summed E-state index contributed by atoms with van der Waals surface area (Å²) in [7, 11) is -3.42. The molecule has 0 aliphatic carbocycles. The topological polar surface area (TPSA) is 81.2 Å². The van der Waals surface area contributed by atoms with Gasteiger partial charge in [0.1, 0.15) is 11.6 Å². The monoisotopic (exact) mass is 357 g/mol. The second-order valence-corrected chi connectivity index (χ2v) is 7.42. The van der Waals surface area contributed by atoms with Crippen LogP contribution in [0.25, 0.3) is 10.8 Å². The lowest BCUT2D eigenvalue weighted by atomic mass is 10.1. The van der Waals surface area contributed by atoms with Gasteiger partial charge in [0.2, 0.25) is 10.0 Å². The summed E-state index contributed by atoms with van der Waals surface area (Å²) >= 11 is 0. The van der Waals surface area contributed by atoms with Crippen molar-refractivity contribution in [2.24, 2.45) is 0 Å². The van der Waals surface area contributed by atoms with Gasteiger partial charge in [-0.05, 0) is 17.9 Å². The molecule has 0 unspecified atom stereocenters. The Morgan fingerprint density at radius 2 is 1.88 bits per heavy atom. The molecule has 2 aromatic carbocycles. The van der Waals surface area contributed by atoms with Gasteiger partial charge in [-0.15, -0.1) is 0 Å². The summed E-state index contributed by atoms with van der Waals surface area (Å²) in [6.07, 6.45) is 2.87. The molecule has 0 spiro atoms. The lowest BCUT2D eigenvalue weighted by Gasteiger charge is -2.09. The first-order valence-electron chi connectivity index (χ1n) is 8.06. The summed E-state index contributed by atoms with van der Waals surface area (Å²) in [6.45, 7) is 1.94. The van der Waals surface area contributed by atoms with Gasteiger partial charge in [0.15, 0.2) is 0 Å². The molecule has 130 valence electrons. The van der Waals surface area contributed by atoms with Crippen LogP contribution in [0.2, 0.25) is 0 Å². The molecule has 25 heavy (non-hydrogen) atoms. The van der Waals surface area contributed by atoms with Gasteiger partial charge in [-0.25, -0.2) is 13.4 Å². The van der Waals surface area contributed by atoms with Crippen LogP contribution in [-0.4, -0.2) is 24.1 Å². The van der Waals surface area contributed by atoms with E-state index < -0.39 is 10.0 Å². The van der Waals surface area contributed by atoms with Crippen molar-refractivity contribution >= 4 is 26.6 Å². The van der Waals surface area contributed by atoms with Crippen molar-refractivity contribution < 1.29 is 13.2 Å². The van der Waals surface area contributed by atoms with Crippen molar-refractivity contribution in [1.29, 1.82) is 0 Å². The second-order valence-electron chi connectivity index (χ2n) is 5.58. The van der Waals surface area contributed by atoms with Crippen LogP contribution >= 0.6 is 0 Å². The molecule has 3 rings (SSSR count). The minimum absolute atomic E-state index is 0.0625. The van der Waals surface area contributed by atoms with Crippen LogP contribution in [0.5, 0.6) is 11.8 Å². The van der Waals surface area contributed by atoms with Crippen LogP contribution in [0.1, 0.15) is 19.8 Å². The molecule has 0 saturated carbocycles. The first-order chi connectivity index (χ1) is 12.1. The molecule has 0 fully saturated rings. The van der Waals surface area contributed by atoms with Crippen molar-refractivity contribution in [2.75, 3.05) is 10.5 Å². The Labute approximate surface area is 146 Å². The number of aromatic nitrogens is 2. The van der Waals surface area contributed by atoms with Crippen molar-refractivity contribution in [3.8, 4) is 11.8 Å². The number of hydrogen-bond acceptors (Lipinski definition) is 5. The van der Waals surface area contributed by atoms with Crippen molar-refractivity contribution in [1.82, 2.24) is 9.97 Å². The van der Waals surface area contributed by atoms with E-state index in [0.717, 1.165) is 17.2 Å². The molecule has 0 bridgehead atoms. The number of rotatable bonds is 7. The third-order valence-corrected chi connectivity index (χ3v) is 4.96. The van der Waals surface area contributed by atoms with Gasteiger partial charge in [-0.1, -0.05) is 49.7 Å². The molecule has 7 heteroatoms. The van der Waals surface area contributed by atoms with Crippen LogP contribution in [0.3, 0.4) is 0 Å². The highest BCUT2D eigenvalue weighted by atomic mass is 32.2. The Morgan fingerprint density at radius 3 is 2.72 bits per heavy atom. The third kappa shape index (κ3) is 4.45. The number of unbranched alkanes of at least 4 members (excludes halogenated alkanes) is 1. The fraction of sp³-hybridized carbons (Fsp3) is 0.222. The molecule has 3 aromatic rings. The molecule has 1 heterocycles. The summed E-state index contributed by atoms with van der Waals surface area (Å²) in [5.74, 6) is 0.873. The van der Waals surface area contributed by atoms with E-state index in [0.29, 0.717) is 12.2 Å². The molecule has 1 aromatic heterocycles. The Kier molecular flexibility index (Phi) is 5.14. The average molecular weight is 357 g/mol. The van der Waals surface area contributed by atoms with E-state index in [4.69, 9.17) is 4.74 Å². The molecular formula is C18H19N3O3S. The molecule has 0 atom stereocenters. The molecule has 6 nitrogen and oxygen atoms in total. The normalized spacial score (nSPS) is 11.4. The van der Waals surface area contributed by atoms with Gasteiger partial charge in [0.05, 0.1) is 5.75 Å². The fourth-order valence-electron chi connectivity index (χ4n) is 2.37. The number of hydrogen-bond donors (Lipinski definition) is 1. The highest BCUT2D eigenvalue weighted by molar-refractivity contribution is 7.92. The summed E-state index contributed by atoms with van der Waals surface area (Å²) < 4.78 is 32.2. The molecular weight excluding hydrogens is 338 g/mol. The Morgan fingerprint density at radius 1 is 1.08 bits per heavy atom. The van der Waals surface area contributed by atoms with E-state index in [1.165, 1.54) is 12.3 Å². The number of anilines is 1. The number of ether oxygens (including phenoxy) is 1. The van der Waals surface area contributed by atoms with E-state index in [2.05, 4.69) is 14.7 Å². The highest BCUT2D eigenvalue weighted by Crippen LogP contribution is 2.28. The summed E-state index contributed by atoms with van der Waals surface area (Å²) in [6, 6.07) is 15.1. The Balaban J connectivity index is 1.82. The van der Waals surface area contributed by atoms with Crippen molar-refractivity contribution in [3.05, 3.63) is 54.7 Å². The van der Waals surface area contributed by atoms with E-state index in [9.17, 15) is 8.42 Å². The lowest BCUT2D eigenvalue weighted by molar-refractivity contribution is 0.447. The average Bonchev–Trinajstić information content (AvgIpc) is 2.60. The van der Waals surface area contributed by atoms with Crippen LogP contribution < -0.4 is 9.46 Å². The first kappa shape index (κ1) is 17.2. The second kappa shape index (κ2) is 7.48. The van der Waals surface area contributed by atoms with Gasteiger partial charge >= 0.3 is 6.01 Å². The van der Waals surface area contributed by atoms with Gasteiger partial charge in [-0.3, -0.25) is 4.72 Å². The van der Waals surface area contributed by atoms with Gasteiger partial charge in [0, 0.05) is 17.6 Å². The maximum atomic E-state index is 12.0. The quantitative estimate of drug-likeness (QED) is 0.692. The van der Waals surface area contributed by atoms with Crippen molar-refractivity contribution in [3.63, 3.8) is 0 Å². The number of nitrogens with one attached hydrogen (secondary N) is 1. The smallest absolute Gasteiger partial charge is 0.323 e. The van der Waals surface area contributed by atoms with Crippen molar-refractivity contribution in [2.45, 2.75) is 19.8 Å². The van der Waals surface area contributed by atoms with Gasteiger partial charge < -0.3 is 4.74 Å². The lowest BCUT2D eigenvalue weighted by Crippen LogP contribution is -2.17. The zero-order valence-electron chi connectivity index (χ0n) is 13.8. The van der Waals surface area contributed by atoms with E-state index in [1.54, 1.807) is 0 Å². The third-order valence-electron chi connectivity index (χ3n) is 3.61. The molecule has 0 saturated heterocycles. The van der Waals surface area contributed by atoms with Crippen LogP contribution in [0, 0.1) is 0 Å². The predicted molar refractivity (Wildman–Crippen MR) is 98.4 cm³/mol. The zero-order chi connectivity index (χ0) is 17.7. The van der Waals surface area contributed by atoms with E-state index >= 15 is 0 Å². The minimum Gasteiger partial charge on any atom is -0.424 e. The highest BCUT2D eigenvalue weighted by Gasteiger charge is 2.12. The van der Waals surface area contributed by atoms with E-state index in [-0.39, 0.29) is 17.6 Å². The molecule has 0 amide bonds. The molecule has 0 aliphatic heterocycles. The summed E-state index contributed by atoms with van der Waals surface area (Å²) in [4.78, 5) is 8.21. The zero-order valence-corrected chi connectivity index (χ0v) is 14.7. The van der Waals surface area contributed by atoms with E-state index in [1.807, 2.05) is 49.4 Å². The molecule has 1 N–H and O–H groups in total. The SMILES string of the molecule is CCCCS(=O)(=O)Nc1ccnc(Oc2cccc3ccccc23)n1. The summed E-state index contributed by atoms with van der Waals surface area (Å²) in [5, 5.41) is 1.97. The van der Waals surface area contributed by atoms with Gasteiger partial charge in [0.25, 0.3) is 0 Å². The van der Waals surface area contributed by atoms with Crippen LogP contribution in [-0.2, 0) is 10.0 Å². The van der Waals surface area contributed by atoms with Gasteiger partial charge in [-0.2, -0.15) is 4.98 Å². The Bertz CT molecular complexity index is 969. The van der Waals surface area contributed by atoms with Crippen LogP contribution in [0.4, 0.5) is 5.82 Å². The number of sulfonamides is 1. The predicted octanol–water partition coefficient (Wildman–Crippen LogP) is 3.96. The number of benzene rings is 2. The molecule has 0 aliphatic rings. The number of nitrogens with zero attached hydrogens (tertiary/aromatic N) is 2.